The molecule has 102 valence electrons. The number of nitrogens with one attached hydrogen (secondary N) is 1. The number of hydrogen-bond donors (Lipinski definition) is 1. The van der Waals surface area contributed by atoms with Crippen LogP contribution < -0.4 is 40.0 Å². The van der Waals surface area contributed by atoms with E-state index in [1.165, 1.54) is 11.8 Å². The second-order valence-electron chi connectivity index (χ2n) is 4.84. The summed E-state index contributed by atoms with van der Waals surface area (Å²) in [7, 11) is 0. The van der Waals surface area contributed by atoms with Gasteiger partial charge < -0.3 is 10.4 Å². The molecular formula is C12H19N2NaO3S. The molecule has 2 atom stereocenters. The number of aliphatic imine (C=N–C) groups is 1. The van der Waals surface area contributed by atoms with Gasteiger partial charge >= 0.3 is 29.6 Å². The summed E-state index contributed by atoms with van der Waals surface area (Å²) >= 11 is 1.53. The van der Waals surface area contributed by atoms with E-state index in [9.17, 15) is 14.7 Å². The molecule has 0 spiro atoms. The Morgan fingerprint density at radius 2 is 1.95 bits per heavy atom. The largest absolute Gasteiger partial charge is 1.00 e. The quantitative estimate of drug-likeness (QED) is 0.450. The van der Waals surface area contributed by atoms with E-state index in [1.54, 1.807) is 0 Å². The minimum absolute atomic E-state index is 0. The zero-order valence-electron chi connectivity index (χ0n) is 12.1. The number of hydrogen-bond acceptors (Lipinski definition) is 4. The number of amides is 2. The normalized spacial score (nSPS) is 24.6. The van der Waals surface area contributed by atoms with Crippen molar-refractivity contribution in [2.45, 2.75) is 39.4 Å². The average Bonchev–Trinajstić information content (AvgIpc) is 2.23. The Morgan fingerprint density at radius 1 is 1.37 bits per heavy atom. The zero-order chi connectivity index (χ0) is 13.9. The van der Waals surface area contributed by atoms with Crippen molar-refractivity contribution in [2.75, 3.05) is 5.75 Å². The Hall–Kier alpha value is -0.0400. The predicted molar refractivity (Wildman–Crippen MR) is 70.1 cm³/mol. The molecular weight excluding hydrogens is 275 g/mol. The maximum Gasteiger partial charge on any atom is 1.00 e. The maximum atomic E-state index is 12.2. The minimum Gasteiger partial charge on any atom is -0.846 e. The second-order valence-corrected chi connectivity index (χ2v) is 6.46. The van der Waals surface area contributed by atoms with E-state index < -0.39 is 23.3 Å². The Bertz CT molecular complexity index is 387. The summed E-state index contributed by atoms with van der Waals surface area (Å²) in [5.41, 5.74) is -1.21. The SMILES string of the molecule is CCSC(C)C1(CC(C)C)C(=O)N=C([O-])NC1=O.[Na+]. The first-order valence-corrected chi connectivity index (χ1v) is 7.12. The topological polar surface area (TPSA) is 81.6 Å². The molecule has 0 fully saturated rings. The van der Waals surface area contributed by atoms with Crippen LogP contribution in [0.4, 0.5) is 0 Å². The Balaban J connectivity index is 0.00000324. The number of carbonyl (C=O) groups is 2. The van der Waals surface area contributed by atoms with Crippen LogP contribution in [-0.4, -0.2) is 28.8 Å². The van der Waals surface area contributed by atoms with E-state index in [-0.39, 0.29) is 40.7 Å². The Labute approximate surface area is 140 Å². The van der Waals surface area contributed by atoms with Gasteiger partial charge in [0, 0.05) is 5.25 Å². The maximum absolute atomic E-state index is 12.2. The molecule has 0 aromatic heterocycles. The van der Waals surface area contributed by atoms with Crippen molar-refractivity contribution in [2.24, 2.45) is 16.3 Å². The number of rotatable bonds is 5. The molecule has 0 saturated heterocycles. The number of nitrogens with zero attached hydrogens (tertiary/aromatic N) is 1. The van der Waals surface area contributed by atoms with Gasteiger partial charge in [-0.2, -0.15) is 11.8 Å². The second kappa shape index (κ2) is 7.67. The van der Waals surface area contributed by atoms with Gasteiger partial charge in [0.1, 0.15) is 5.41 Å². The van der Waals surface area contributed by atoms with Gasteiger partial charge in [0.25, 0.3) is 5.91 Å². The summed E-state index contributed by atoms with van der Waals surface area (Å²) in [4.78, 5) is 27.7. The molecule has 0 aliphatic carbocycles. The standard InChI is InChI=1S/C12H20N2O3S.Na/c1-5-18-8(4)12(6-7(2)3)9(15)13-11(17)14-10(12)16;/h7-8H,5-6H2,1-4H3,(H2,13,14,15,16,17);/q;+1/p-1. The van der Waals surface area contributed by atoms with Crippen LogP contribution in [0.5, 0.6) is 0 Å². The predicted octanol–water partition coefficient (Wildman–Crippen LogP) is -2.46. The van der Waals surface area contributed by atoms with Gasteiger partial charge in [-0.15, -0.1) is 0 Å². The third-order valence-electron chi connectivity index (χ3n) is 3.05. The van der Waals surface area contributed by atoms with E-state index in [1.807, 2.05) is 27.7 Å². The summed E-state index contributed by atoms with van der Waals surface area (Å²) in [6.45, 7) is 7.71. The first kappa shape index (κ1) is 19.0. The average molecular weight is 294 g/mol. The van der Waals surface area contributed by atoms with Crippen LogP contribution in [0.3, 0.4) is 0 Å². The first-order chi connectivity index (χ1) is 8.34. The first-order valence-electron chi connectivity index (χ1n) is 6.07. The van der Waals surface area contributed by atoms with Gasteiger partial charge in [0.2, 0.25) is 5.91 Å². The third kappa shape index (κ3) is 3.97. The van der Waals surface area contributed by atoms with Crippen molar-refractivity contribution in [1.29, 1.82) is 0 Å². The van der Waals surface area contributed by atoms with Crippen molar-refractivity contribution < 1.29 is 44.3 Å². The van der Waals surface area contributed by atoms with Gasteiger partial charge in [-0.05, 0) is 18.1 Å². The van der Waals surface area contributed by atoms with Gasteiger partial charge in [-0.25, -0.2) is 4.99 Å². The summed E-state index contributed by atoms with van der Waals surface area (Å²) < 4.78 is 0. The Kier molecular flexibility index (Phi) is 7.65. The molecule has 2 amide bonds. The molecule has 1 rings (SSSR count). The van der Waals surface area contributed by atoms with Crippen LogP contribution in [0.15, 0.2) is 4.99 Å². The molecule has 0 aromatic rings. The van der Waals surface area contributed by atoms with Gasteiger partial charge in [-0.1, -0.05) is 27.7 Å². The molecule has 1 heterocycles. The third-order valence-corrected chi connectivity index (χ3v) is 4.29. The van der Waals surface area contributed by atoms with E-state index in [0.717, 1.165) is 5.75 Å². The van der Waals surface area contributed by atoms with E-state index in [2.05, 4.69) is 10.3 Å². The summed E-state index contributed by atoms with van der Waals surface area (Å²) in [6, 6.07) is -0.849. The minimum atomic E-state index is -1.21. The van der Waals surface area contributed by atoms with Crippen LogP contribution in [0, 0.1) is 11.3 Å². The Morgan fingerprint density at radius 3 is 2.37 bits per heavy atom. The van der Waals surface area contributed by atoms with Gasteiger partial charge in [-0.3, -0.25) is 9.59 Å². The van der Waals surface area contributed by atoms with Crippen LogP contribution in [-0.2, 0) is 9.59 Å². The van der Waals surface area contributed by atoms with Crippen LogP contribution in [0.25, 0.3) is 0 Å². The number of thioether (sulfide) groups is 1. The number of amidine groups is 1. The molecule has 1 aliphatic heterocycles. The molecule has 0 bridgehead atoms. The molecule has 0 saturated carbocycles. The summed E-state index contributed by atoms with van der Waals surface area (Å²) in [5, 5.41) is 13.1. The fourth-order valence-corrected chi connectivity index (χ4v) is 3.35. The van der Waals surface area contributed by atoms with Crippen molar-refractivity contribution in [3.63, 3.8) is 0 Å². The van der Waals surface area contributed by atoms with E-state index in [0.29, 0.717) is 6.42 Å². The molecule has 19 heavy (non-hydrogen) atoms. The van der Waals surface area contributed by atoms with Crippen molar-refractivity contribution >= 4 is 29.6 Å². The fourth-order valence-electron chi connectivity index (χ4n) is 2.27. The molecule has 2 unspecified atom stereocenters. The van der Waals surface area contributed by atoms with Crippen molar-refractivity contribution in [3.05, 3.63) is 0 Å². The van der Waals surface area contributed by atoms with Gasteiger partial charge in [0.15, 0.2) is 0 Å². The molecule has 5 nitrogen and oxygen atoms in total. The molecule has 0 aromatic carbocycles. The van der Waals surface area contributed by atoms with Crippen LogP contribution in [0.1, 0.15) is 34.1 Å². The molecule has 7 heteroatoms. The molecule has 0 radical (unpaired) electrons. The van der Waals surface area contributed by atoms with Crippen LogP contribution >= 0.6 is 11.8 Å². The zero-order valence-corrected chi connectivity index (χ0v) is 15.0. The molecule has 1 N–H and O–H groups in total. The fraction of sp³-hybridized carbons (Fsp3) is 0.750. The molecule has 1 aliphatic rings. The van der Waals surface area contributed by atoms with Gasteiger partial charge in [0.05, 0.1) is 6.02 Å². The monoisotopic (exact) mass is 294 g/mol. The number of carbonyl (C=O) groups excluding carboxylic acids is 2. The van der Waals surface area contributed by atoms with E-state index >= 15 is 0 Å². The summed E-state index contributed by atoms with van der Waals surface area (Å²) in [5.74, 6) is -0.133. The van der Waals surface area contributed by atoms with E-state index in [4.69, 9.17) is 0 Å². The summed E-state index contributed by atoms with van der Waals surface area (Å²) in [6.07, 6.45) is 0.405. The van der Waals surface area contributed by atoms with Crippen molar-refractivity contribution in [3.8, 4) is 0 Å². The van der Waals surface area contributed by atoms with Crippen LogP contribution in [0.2, 0.25) is 0 Å². The van der Waals surface area contributed by atoms with Crippen molar-refractivity contribution in [1.82, 2.24) is 5.32 Å². The smallest absolute Gasteiger partial charge is 0.846 e.